The minimum atomic E-state index is 0.624. The van der Waals surface area contributed by atoms with Gasteiger partial charge in [0.25, 0.3) is 0 Å². The fraction of sp³-hybridized carbons (Fsp3) is 0.647. The van der Waals surface area contributed by atoms with E-state index in [4.69, 9.17) is 4.74 Å². The van der Waals surface area contributed by atoms with E-state index in [0.717, 1.165) is 37.8 Å². The number of hydrogen-bond donors (Lipinski definition) is 1. The number of ether oxygens (including phenoxy) is 1. The Kier molecular flexibility index (Phi) is 5.44. The molecule has 0 bridgehead atoms. The molecule has 2 rings (SSSR count). The maximum Gasteiger partial charge on any atom is 0.123 e. The summed E-state index contributed by atoms with van der Waals surface area (Å²) < 4.78 is 5.52. The molecule has 0 amide bonds. The molecule has 1 saturated heterocycles. The van der Waals surface area contributed by atoms with Gasteiger partial charge in [0, 0.05) is 37.8 Å². The van der Waals surface area contributed by atoms with E-state index in [9.17, 15) is 0 Å². The van der Waals surface area contributed by atoms with Crippen molar-refractivity contribution < 1.29 is 4.74 Å². The summed E-state index contributed by atoms with van der Waals surface area (Å²) in [4.78, 5) is 2.61. The molecule has 1 aromatic rings. The minimum Gasteiger partial charge on any atom is -0.496 e. The van der Waals surface area contributed by atoms with E-state index in [1.165, 1.54) is 17.5 Å². The Bertz CT molecular complexity index is 433. The summed E-state index contributed by atoms with van der Waals surface area (Å²) in [7, 11) is 1.76. The molecule has 1 heterocycles. The van der Waals surface area contributed by atoms with E-state index in [1.54, 1.807) is 7.11 Å². The summed E-state index contributed by atoms with van der Waals surface area (Å²) in [6.45, 7) is 11.1. The number of nitrogens with one attached hydrogen (secondary N) is 1. The van der Waals surface area contributed by atoms with Gasteiger partial charge >= 0.3 is 0 Å². The second kappa shape index (κ2) is 7.09. The van der Waals surface area contributed by atoms with Crippen LogP contribution >= 0.6 is 0 Å². The summed E-state index contributed by atoms with van der Waals surface area (Å²) in [6.07, 6.45) is 1.23. The molecule has 3 nitrogen and oxygen atoms in total. The zero-order valence-electron chi connectivity index (χ0n) is 13.3. The quantitative estimate of drug-likeness (QED) is 0.895. The van der Waals surface area contributed by atoms with Gasteiger partial charge in [-0.3, -0.25) is 4.90 Å². The molecule has 20 heavy (non-hydrogen) atoms. The number of nitrogens with zero attached hydrogens (tertiary/aromatic N) is 1. The number of aryl methyl sites for hydroxylation is 1. The van der Waals surface area contributed by atoms with Gasteiger partial charge in [0.05, 0.1) is 7.11 Å². The van der Waals surface area contributed by atoms with Gasteiger partial charge in [-0.05, 0) is 18.9 Å². The first-order chi connectivity index (χ1) is 9.65. The van der Waals surface area contributed by atoms with E-state index in [1.807, 2.05) is 0 Å². The first-order valence-corrected chi connectivity index (χ1v) is 7.74. The zero-order chi connectivity index (χ0) is 14.5. The molecular formula is C17H28N2O. The fourth-order valence-corrected chi connectivity index (χ4v) is 3.05. The van der Waals surface area contributed by atoms with Crippen molar-refractivity contribution in [1.29, 1.82) is 0 Å². The van der Waals surface area contributed by atoms with Crippen LogP contribution in [0, 0.1) is 12.8 Å². The lowest BCUT2D eigenvalue weighted by molar-refractivity contribution is 0.108. The molecule has 1 aliphatic rings. The highest BCUT2D eigenvalue weighted by molar-refractivity contribution is 5.36. The third-order valence-electron chi connectivity index (χ3n) is 4.51. The van der Waals surface area contributed by atoms with E-state index < -0.39 is 0 Å². The maximum absolute atomic E-state index is 5.52. The standard InChI is InChI=1S/C17H28N2O/c1-5-14(3)16-11-18-8-9-19(16)12-15-10-13(2)6-7-17(15)20-4/h6-7,10,14,16,18H,5,8-9,11-12H2,1-4H3. The smallest absolute Gasteiger partial charge is 0.123 e. The van der Waals surface area contributed by atoms with Crippen molar-refractivity contribution >= 4 is 0 Å². The molecule has 2 unspecified atom stereocenters. The zero-order valence-corrected chi connectivity index (χ0v) is 13.3. The van der Waals surface area contributed by atoms with Crippen LogP contribution < -0.4 is 10.1 Å². The normalized spacial score (nSPS) is 21.7. The molecule has 3 heteroatoms. The van der Waals surface area contributed by atoms with Crippen molar-refractivity contribution in [2.24, 2.45) is 5.92 Å². The largest absolute Gasteiger partial charge is 0.496 e. The Balaban J connectivity index is 2.16. The lowest BCUT2D eigenvalue weighted by Crippen LogP contribution is -2.53. The molecule has 0 aliphatic carbocycles. The lowest BCUT2D eigenvalue weighted by atomic mass is 9.95. The third-order valence-corrected chi connectivity index (χ3v) is 4.51. The highest BCUT2D eigenvalue weighted by atomic mass is 16.5. The van der Waals surface area contributed by atoms with Crippen molar-refractivity contribution in [2.75, 3.05) is 26.7 Å². The third kappa shape index (κ3) is 3.53. The van der Waals surface area contributed by atoms with E-state index in [-0.39, 0.29) is 0 Å². The van der Waals surface area contributed by atoms with Gasteiger partial charge in [0.2, 0.25) is 0 Å². The Morgan fingerprint density at radius 1 is 1.45 bits per heavy atom. The number of hydrogen-bond acceptors (Lipinski definition) is 3. The van der Waals surface area contributed by atoms with Gasteiger partial charge in [0.15, 0.2) is 0 Å². The topological polar surface area (TPSA) is 24.5 Å². The van der Waals surface area contributed by atoms with Crippen LogP contribution in [0.4, 0.5) is 0 Å². The number of piperazine rings is 1. The minimum absolute atomic E-state index is 0.624. The van der Waals surface area contributed by atoms with Crippen molar-refractivity contribution in [2.45, 2.75) is 39.8 Å². The molecule has 0 radical (unpaired) electrons. The fourth-order valence-electron chi connectivity index (χ4n) is 3.05. The summed E-state index contributed by atoms with van der Waals surface area (Å²) in [5.41, 5.74) is 2.61. The van der Waals surface area contributed by atoms with E-state index in [0.29, 0.717) is 6.04 Å². The molecule has 0 spiro atoms. The van der Waals surface area contributed by atoms with E-state index >= 15 is 0 Å². The summed E-state index contributed by atoms with van der Waals surface area (Å²) in [5.74, 6) is 1.73. The molecule has 112 valence electrons. The second-order valence-electron chi connectivity index (χ2n) is 5.94. The molecule has 2 atom stereocenters. The van der Waals surface area contributed by atoms with Crippen LogP contribution in [0.1, 0.15) is 31.4 Å². The predicted octanol–water partition coefficient (Wildman–Crippen LogP) is 2.82. The number of methoxy groups -OCH3 is 1. The van der Waals surface area contributed by atoms with Crippen LogP contribution in [0.5, 0.6) is 5.75 Å². The molecule has 0 aromatic heterocycles. The second-order valence-corrected chi connectivity index (χ2v) is 5.94. The molecule has 1 aliphatic heterocycles. The molecular weight excluding hydrogens is 248 g/mol. The number of benzene rings is 1. The van der Waals surface area contributed by atoms with E-state index in [2.05, 4.69) is 49.2 Å². The van der Waals surface area contributed by atoms with Crippen LogP contribution in [-0.2, 0) is 6.54 Å². The monoisotopic (exact) mass is 276 g/mol. The van der Waals surface area contributed by atoms with Crippen LogP contribution in [-0.4, -0.2) is 37.7 Å². The summed E-state index contributed by atoms with van der Waals surface area (Å²) >= 11 is 0. The van der Waals surface area contributed by atoms with Crippen LogP contribution in [0.25, 0.3) is 0 Å². The average molecular weight is 276 g/mol. The first kappa shape index (κ1) is 15.3. The van der Waals surface area contributed by atoms with Crippen molar-refractivity contribution in [3.63, 3.8) is 0 Å². The van der Waals surface area contributed by atoms with Crippen LogP contribution in [0.2, 0.25) is 0 Å². The maximum atomic E-state index is 5.52. The highest BCUT2D eigenvalue weighted by Crippen LogP contribution is 2.25. The van der Waals surface area contributed by atoms with Crippen molar-refractivity contribution in [3.8, 4) is 5.75 Å². The van der Waals surface area contributed by atoms with Crippen molar-refractivity contribution in [3.05, 3.63) is 29.3 Å². The van der Waals surface area contributed by atoms with Gasteiger partial charge in [-0.2, -0.15) is 0 Å². The Morgan fingerprint density at radius 3 is 2.95 bits per heavy atom. The Hall–Kier alpha value is -1.06. The van der Waals surface area contributed by atoms with Crippen LogP contribution in [0.3, 0.4) is 0 Å². The van der Waals surface area contributed by atoms with Crippen LogP contribution in [0.15, 0.2) is 18.2 Å². The van der Waals surface area contributed by atoms with Gasteiger partial charge in [-0.25, -0.2) is 0 Å². The predicted molar refractivity (Wildman–Crippen MR) is 84.3 cm³/mol. The highest BCUT2D eigenvalue weighted by Gasteiger charge is 2.26. The molecule has 0 saturated carbocycles. The molecule has 1 aromatic carbocycles. The summed E-state index contributed by atoms with van der Waals surface area (Å²) in [5, 5.41) is 3.53. The summed E-state index contributed by atoms with van der Waals surface area (Å²) in [6, 6.07) is 7.09. The van der Waals surface area contributed by atoms with Gasteiger partial charge < -0.3 is 10.1 Å². The average Bonchev–Trinajstić information content (AvgIpc) is 2.47. The molecule has 1 N–H and O–H groups in total. The van der Waals surface area contributed by atoms with Crippen molar-refractivity contribution in [1.82, 2.24) is 10.2 Å². The van der Waals surface area contributed by atoms with Gasteiger partial charge in [-0.1, -0.05) is 38.0 Å². The first-order valence-electron chi connectivity index (χ1n) is 7.74. The van der Waals surface area contributed by atoms with Gasteiger partial charge in [0.1, 0.15) is 5.75 Å². The number of rotatable bonds is 5. The lowest BCUT2D eigenvalue weighted by Gasteiger charge is -2.39. The molecule has 1 fully saturated rings. The van der Waals surface area contributed by atoms with Gasteiger partial charge in [-0.15, -0.1) is 0 Å². The Labute approximate surface area is 123 Å². The Morgan fingerprint density at radius 2 is 2.25 bits per heavy atom. The SMILES string of the molecule is CCC(C)C1CNCCN1Cc1cc(C)ccc1OC.